The molecule has 0 aliphatic rings. The van der Waals surface area contributed by atoms with Crippen molar-refractivity contribution < 1.29 is 5.11 Å². The van der Waals surface area contributed by atoms with Gasteiger partial charge in [0.05, 0.1) is 10.5 Å². The first-order valence-corrected chi connectivity index (χ1v) is 5.18. The molecule has 0 unspecified atom stereocenters. The third kappa shape index (κ3) is 1.58. The Balaban J connectivity index is 2.80. The quantitative estimate of drug-likeness (QED) is 0.820. The van der Waals surface area contributed by atoms with Crippen molar-refractivity contribution in [2.75, 3.05) is 6.54 Å². The number of phenolic OH excluding ortho intramolecular Hbond substituents is 1. The zero-order valence-corrected chi connectivity index (χ0v) is 9.25. The summed E-state index contributed by atoms with van der Waals surface area (Å²) in [4.78, 5) is 0. The third-order valence-electron chi connectivity index (χ3n) is 2.54. The van der Waals surface area contributed by atoms with Crippen LogP contribution < -0.4 is 5.73 Å². The minimum atomic E-state index is 0.262. The monoisotopic (exact) mass is 224 g/mol. The molecule has 1 heterocycles. The molecule has 0 amide bonds. The summed E-state index contributed by atoms with van der Waals surface area (Å²) in [6.45, 7) is 0.561. The Morgan fingerprint density at radius 1 is 1.47 bits per heavy atom. The van der Waals surface area contributed by atoms with Gasteiger partial charge in [0.25, 0.3) is 0 Å². The zero-order valence-electron chi connectivity index (χ0n) is 8.50. The number of nitrogens with two attached hydrogens (primary N) is 1. The summed E-state index contributed by atoms with van der Waals surface area (Å²) in [5, 5.41) is 11.3. The molecule has 2 rings (SSSR count). The number of hydrogen-bond acceptors (Lipinski definition) is 2. The number of rotatable bonds is 2. The third-order valence-corrected chi connectivity index (χ3v) is 2.85. The van der Waals surface area contributed by atoms with Gasteiger partial charge in [-0.1, -0.05) is 11.6 Å². The van der Waals surface area contributed by atoms with Crippen LogP contribution in [-0.4, -0.2) is 16.2 Å². The van der Waals surface area contributed by atoms with Crippen LogP contribution in [0, 0.1) is 0 Å². The van der Waals surface area contributed by atoms with Gasteiger partial charge in [-0.25, -0.2) is 0 Å². The number of nitrogens with zero attached hydrogens (tertiary/aromatic N) is 1. The fourth-order valence-electron chi connectivity index (χ4n) is 1.92. The van der Waals surface area contributed by atoms with Crippen molar-refractivity contribution in [2.24, 2.45) is 12.8 Å². The summed E-state index contributed by atoms with van der Waals surface area (Å²) in [7, 11) is 1.91. The van der Waals surface area contributed by atoms with E-state index in [0.717, 1.165) is 22.9 Å². The van der Waals surface area contributed by atoms with Gasteiger partial charge in [-0.05, 0) is 30.7 Å². The van der Waals surface area contributed by atoms with Crippen molar-refractivity contribution in [3.8, 4) is 5.75 Å². The smallest absolute Gasteiger partial charge is 0.125 e. The van der Waals surface area contributed by atoms with E-state index >= 15 is 0 Å². The van der Waals surface area contributed by atoms with Gasteiger partial charge in [0.1, 0.15) is 5.75 Å². The molecule has 0 saturated carbocycles. The Labute approximate surface area is 93.1 Å². The molecular weight excluding hydrogens is 212 g/mol. The molecule has 0 aliphatic carbocycles. The summed E-state index contributed by atoms with van der Waals surface area (Å²) >= 11 is 6.08. The highest BCUT2D eigenvalue weighted by molar-refractivity contribution is 6.35. The second kappa shape index (κ2) is 3.76. The Morgan fingerprint density at radius 2 is 2.20 bits per heavy atom. The molecule has 0 radical (unpaired) electrons. The maximum atomic E-state index is 9.80. The average molecular weight is 225 g/mol. The van der Waals surface area contributed by atoms with E-state index in [0.29, 0.717) is 11.6 Å². The molecule has 0 fully saturated rings. The van der Waals surface area contributed by atoms with Crippen LogP contribution in [0.3, 0.4) is 0 Å². The average Bonchev–Trinajstić information content (AvgIpc) is 2.51. The van der Waals surface area contributed by atoms with Crippen LogP contribution in [0.5, 0.6) is 5.75 Å². The fourth-order valence-corrected chi connectivity index (χ4v) is 2.22. The molecule has 1 aromatic carbocycles. The Kier molecular flexibility index (Phi) is 2.59. The highest BCUT2D eigenvalue weighted by Crippen LogP contribution is 2.34. The lowest BCUT2D eigenvalue weighted by Crippen LogP contribution is -2.01. The fraction of sp³-hybridized carbons (Fsp3) is 0.273. The highest BCUT2D eigenvalue weighted by atomic mass is 35.5. The predicted octanol–water partition coefficient (Wildman–Crippen LogP) is 2.04. The predicted molar refractivity (Wildman–Crippen MR) is 62.4 cm³/mol. The number of aryl methyl sites for hydroxylation is 1. The largest absolute Gasteiger partial charge is 0.507 e. The van der Waals surface area contributed by atoms with Crippen molar-refractivity contribution in [3.05, 3.63) is 28.9 Å². The van der Waals surface area contributed by atoms with Crippen molar-refractivity contribution in [1.29, 1.82) is 0 Å². The molecule has 3 nitrogen and oxygen atoms in total. The van der Waals surface area contributed by atoms with E-state index in [1.165, 1.54) is 0 Å². The molecule has 3 N–H and O–H groups in total. The molecular formula is C11H13ClN2O. The van der Waals surface area contributed by atoms with Gasteiger partial charge in [0.15, 0.2) is 0 Å². The van der Waals surface area contributed by atoms with Crippen LogP contribution in [0.4, 0.5) is 0 Å². The van der Waals surface area contributed by atoms with Crippen LogP contribution >= 0.6 is 11.6 Å². The molecule has 0 saturated heterocycles. The molecule has 15 heavy (non-hydrogen) atoms. The van der Waals surface area contributed by atoms with Crippen molar-refractivity contribution in [3.63, 3.8) is 0 Å². The maximum absolute atomic E-state index is 9.80. The number of benzene rings is 1. The standard InChI is InChI=1S/C11H13ClN2O/c1-14-6-7(4-5-13)10-9(15)3-2-8(12)11(10)14/h2-3,6,15H,4-5,13H2,1H3. The minimum Gasteiger partial charge on any atom is -0.507 e. The molecule has 4 heteroatoms. The van der Waals surface area contributed by atoms with Crippen LogP contribution in [0.1, 0.15) is 5.56 Å². The maximum Gasteiger partial charge on any atom is 0.125 e. The number of halogens is 1. The highest BCUT2D eigenvalue weighted by Gasteiger charge is 2.12. The minimum absolute atomic E-state index is 0.262. The summed E-state index contributed by atoms with van der Waals surface area (Å²) in [5.41, 5.74) is 7.42. The molecule has 80 valence electrons. The zero-order chi connectivity index (χ0) is 11.0. The van der Waals surface area contributed by atoms with Crippen molar-refractivity contribution >= 4 is 22.5 Å². The van der Waals surface area contributed by atoms with E-state index in [9.17, 15) is 5.11 Å². The number of aromatic nitrogens is 1. The second-order valence-electron chi connectivity index (χ2n) is 3.59. The van der Waals surface area contributed by atoms with E-state index < -0.39 is 0 Å². The summed E-state index contributed by atoms with van der Waals surface area (Å²) < 4.78 is 1.92. The van der Waals surface area contributed by atoms with E-state index in [1.807, 2.05) is 17.8 Å². The van der Waals surface area contributed by atoms with E-state index in [4.69, 9.17) is 17.3 Å². The Hall–Kier alpha value is -1.19. The second-order valence-corrected chi connectivity index (χ2v) is 4.00. The van der Waals surface area contributed by atoms with Gasteiger partial charge < -0.3 is 15.4 Å². The van der Waals surface area contributed by atoms with Gasteiger partial charge in [0, 0.05) is 18.6 Å². The first-order chi connectivity index (χ1) is 7.15. The molecule has 2 aromatic rings. The lowest BCUT2D eigenvalue weighted by molar-refractivity contribution is 0.481. The number of hydrogen-bond donors (Lipinski definition) is 2. The van der Waals surface area contributed by atoms with E-state index in [1.54, 1.807) is 12.1 Å². The summed E-state index contributed by atoms with van der Waals surface area (Å²) in [6, 6.07) is 3.32. The SMILES string of the molecule is Cn1cc(CCN)c2c(O)ccc(Cl)c21. The first-order valence-electron chi connectivity index (χ1n) is 4.80. The van der Waals surface area contributed by atoms with E-state index in [2.05, 4.69) is 0 Å². The van der Waals surface area contributed by atoms with Gasteiger partial charge in [0.2, 0.25) is 0 Å². The number of fused-ring (bicyclic) bond motifs is 1. The van der Waals surface area contributed by atoms with Crippen LogP contribution in [0.2, 0.25) is 5.02 Å². The summed E-state index contributed by atoms with van der Waals surface area (Å²) in [5.74, 6) is 0.262. The molecule has 0 aliphatic heterocycles. The topological polar surface area (TPSA) is 51.2 Å². The molecule has 0 atom stereocenters. The van der Waals surface area contributed by atoms with E-state index in [-0.39, 0.29) is 5.75 Å². The molecule has 0 bridgehead atoms. The number of phenols is 1. The van der Waals surface area contributed by atoms with Crippen LogP contribution in [-0.2, 0) is 13.5 Å². The first kappa shape index (κ1) is 10.3. The lowest BCUT2D eigenvalue weighted by Gasteiger charge is -2.01. The van der Waals surface area contributed by atoms with Gasteiger partial charge >= 0.3 is 0 Å². The van der Waals surface area contributed by atoms with Crippen LogP contribution in [0.25, 0.3) is 10.9 Å². The van der Waals surface area contributed by atoms with Gasteiger partial charge in [-0.15, -0.1) is 0 Å². The summed E-state index contributed by atoms with van der Waals surface area (Å²) in [6.07, 6.45) is 2.70. The Bertz CT molecular complexity index is 505. The molecule has 0 spiro atoms. The lowest BCUT2D eigenvalue weighted by atomic mass is 10.1. The van der Waals surface area contributed by atoms with Crippen LogP contribution in [0.15, 0.2) is 18.3 Å². The van der Waals surface area contributed by atoms with Gasteiger partial charge in [-0.3, -0.25) is 0 Å². The van der Waals surface area contributed by atoms with Crippen molar-refractivity contribution in [2.45, 2.75) is 6.42 Å². The molecule has 1 aromatic heterocycles. The van der Waals surface area contributed by atoms with Gasteiger partial charge in [-0.2, -0.15) is 0 Å². The Morgan fingerprint density at radius 3 is 2.87 bits per heavy atom. The normalized spacial score (nSPS) is 11.1. The van der Waals surface area contributed by atoms with Crippen molar-refractivity contribution in [1.82, 2.24) is 4.57 Å². The number of aromatic hydroxyl groups is 1.